The summed E-state index contributed by atoms with van der Waals surface area (Å²) in [5, 5.41) is 0. The van der Waals surface area contributed by atoms with Crippen molar-refractivity contribution in [2.75, 3.05) is 19.8 Å². The largest absolute Gasteiger partial charge is 0.374 e. The summed E-state index contributed by atoms with van der Waals surface area (Å²) in [6, 6.07) is 10.3. The molecule has 0 N–H and O–H groups in total. The maximum Gasteiger partial charge on any atom is 0.157 e. The highest BCUT2D eigenvalue weighted by Gasteiger charge is 2.08. The van der Waals surface area contributed by atoms with E-state index >= 15 is 0 Å². The molecule has 1 rings (SSSR count). The van der Waals surface area contributed by atoms with E-state index < -0.39 is 0 Å². The van der Waals surface area contributed by atoms with Gasteiger partial charge >= 0.3 is 0 Å². The lowest BCUT2D eigenvalue weighted by atomic mass is 10.1. The molecule has 0 bridgehead atoms. The van der Waals surface area contributed by atoms with E-state index in [2.05, 4.69) is 19.1 Å². The molecule has 1 aromatic rings. The second-order valence-electron chi connectivity index (χ2n) is 4.76. The molecule has 0 fully saturated rings. The molecule has 114 valence electrons. The average molecular weight is 280 g/mol. The fourth-order valence-corrected chi connectivity index (χ4v) is 2.08. The molecule has 0 radical (unpaired) electrons. The van der Waals surface area contributed by atoms with Crippen LogP contribution in [0.5, 0.6) is 0 Å². The average Bonchev–Trinajstić information content (AvgIpc) is 2.48. The van der Waals surface area contributed by atoms with E-state index in [4.69, 9.17) is 14.2 Å². The molecule has 20 heavy (non-hydrogen) atoms. The summed E-state index contributed by atoms with van der Waals surface area (Å²) in [5.74, 6) is 0. The van der Waals surface area contributed by atoms with Crippen molar-refractivity contribution in [3.8, 4) is 0 Å². The normalized spacial score (nSPS) is 12.8. The standard InChI is InChI=1S/C17H28O3/c1-4-18-17(19-5-2)13-9-10-14-20-15(3)16-11-7-6-8-12-16/h6-8,11-12,15,17H,4-5,9-10,13-14H2,1-3H3. The van der Waals surface area contributed by atoms with Gasteiger partial charge in [-0.15, -0.1) is 0 Å². The first kappa shape index (κ1) is 17.2. The second kappa shape index (κ2) is 10.8. The number of ether oxygens (including phenoxy) is 3. The quantitative estimate of drug-likeness (QED) is 0.446. The van der Waals surface area contributed by atoms with E-state index in [1.807, 2.05) is 32.0 Å². The third kappa shape index (κ3) is 7.04. The van der Waals surface area contributed by atoms with Crippen LogP contribution in [0.25, 0.3) is 0 Å². The summed E-state index contributed by atoms with van der Waals surface area (Å²) in [6.45, 7) is 8.27. The van der Waals surface area contributed by atoms with Crippen molar-refractivity contribution in [1.29, 1.82) is 0 Å². The Kier molecular flexibility index (Phi) is 9.29. The predicted molar refractivity (Wildman–Crippen MR) is 81.7 cm³/mol. The van der Waals surface area contributed by atoms with Gasteiger partial charge in [-0.2, -0.15) is 0 Å². The SMILES string of the molecule is CCOC(CCCCOC(C)c1ccccc1)OCC. The van der Waals surface area contributed by atoms with Gasteiger partial charge in [0.1, 0.15) is 0 Å². The van der Waals surface area contributed by atoms with E-state index in [1.54, 1.807) is 0 Å². The number of unbranched alkanes of at least 4 members (excludes halogenated alkanes) is 1. The highest BCUT2D eigenvalue weighted by Crippen LogP contribution is 2.16. The number of benzene rings is 1. The fourth-order valence-electron chi connectivity index (χ4n) is 2.08. The van der Waals surface area contributed by atoms with Gasteiger partial charge in [0.15, 0.2) is 6.29 Å². The van der Waals surface area contributed by atoms with Gasteiger partial charge in [0.05, 0.1) is 6.10 Å². The highest BCUT2D eigenvalue weighted by molar-refractivity contribution is 5.16. The Morgan fingerprint density at radius 2 is 1.55 bits per heavy atom. The van der Waals surface area contributed by atoms with Crippen LogP contribution in [0.3, 0.4) is 0 Å². The Morgan fingerprint density at radius 1 is 0.900 bits per heavy atom. The zero-order valence-electron chi connectivity index (χ0n) is 13.0. The molecule has 0 aliphatic rings. The number of hydrogen-bond acceptors (Lipinski definition) is 3. The lowest BCUT2D eigenvalue weighted by Crippen LogP contribution is -2.17. The van der Waals surface area contributed by atoms with Gasteiger partial charge in [0, 0.05) is 19.8 Å². The van der Waals surface area contributed by atoms with Gasteiger partial charge in [-0.25, -0.2) is 0 Å². The number of hydrogen-bond donors (Lipinski definition) is 0. The van der Waals surface area contributed by atoms with Gasteiger partial charge in [-0.3, -0.25) is 0 Å². The van der Waals surface area contributed by atoms with E-state index in [-0.39, 0.29) is 12.4 Å². The minimum atomic E-state index is -0.0588. The Labute approximate surface area is 123 Å². The first-order valence-electron chi connectivity index (χ1n) is 7.67. The van der Waals surface area contributed by atoms with Crippen LogP contribution in [0.4, 0.5) is 0 Å². The van der Waals surface area contributed by atoms with Crippen LogP contribution in [-0.4, -0.2) is 26.1 Å². The molecular formula is C17H28O3. The smallest absolute Gasteiger partial charge is 0.157 e. The second-order valence-corrected chi connectivity index (χ2v) is 4.76. The van der Waals surface area contributed by atoms with Crippen LogP contribution >= 0.6 is 0 Å². The van der Waals surface area contributed by atoms with Crippen LogP contribution in [0.1, 0.15) is 51.7 Å². The van der Waals surface area contributed by atoms with Crippen LogP contribution in [0.2, 0.25) is 0 Å². The fraction of sp³-hybridized carbons (Fsp3) is 0.647. The Hall–Kier alpha value is -0.900. The Balaban J connectivity index is 2.12. The van der Waals surface area contributed by atoms with E-state index in [1.165, 1.54) is 5.56 Å². The van der Waals surface area contributed by atoms with Gasteiger partial charge in [-0.1, -0.05) is 30.3 Å². The molecule has 0 heterocycles. The summed E-state index contributed by atoms with van der Waals surface area (Å²) in [7, 11) is 0. The summed E-state index contributed by atoms with van der Waals surface area (Å²) >= 11 is 0. The van der Waals surface area contributed by atoms with Gasteiger partial charge in [0.25, 0.3) is 0 Å². The minimum Gasteiger partial charge on any atom is -0.374 e. The van der Waals surface area contributed by atoms with Crippen molar-refractivity contribution < 1.29 is 14.2 Å². The number of rotatable bonds is 11. The summed E-state index contributed by atoms with van der Waals surface area (Å²) in [4.78, 5) is 0. The van der Waals surface area contributed by atoms with Crippen molar-refractivity contribution >= 4 is 0 Å². The van der Waals surface area contributed by atoms with Crippen LogP contribution in [-0.2, 0) is 14.2 Å². The first-order valence-corrected chi connectivity index (χ1v) is 7.67. The molecule has 0 aliphatic heterocycles. The Morgan fingerprint density at radius 3 is 2.15 bits per heavy atom. The van der Waals surface area contributed by atoms with Crippen molar-refractivity contribution in [2.45, 2.75) is 52.4 Å². The molecule has 3 heteroatoms. The summed E-state index contributed by atoms with van der Waals surface area (Å²) in [5.41, 5.74) is 1.23. The molecule has 0 aromatic heterocycles. The van der Waals surface area contributed by atoms with E-state index in [9.17, 15) is 0 Å². The third-order valence-electron chi connectivity index (χ3n) is 3.18. The Bertz CT molecular complexity index is 320. The summed E-state index contributed by atoms with van der Waals surface area (Å²) in [6.07, 6.45) is 3.13. The zero-order chi connectivity index (χ0) is 14.6. The van der Waals surface area contributed by atoms with E-state index in [0.717, 1.165) is 25.9 Å². The summed E-state index contributed by atoms with van der Waals surface area (Å²) < 4.78 is 16.9. The van der Waals surface area contributed by atoms with Crippen LogP contribution in [0.15, 0.2) is 30.3 Å². The van der Waals surface area contributed by atoms with Gasteiger partial charge in [0.2, 0.25) is 0 Å². The van der Waals surface area contributed by atoms with Gasteiger partial charge in [-0.05, 0) is 45.6 Å². The van der Waals surface area contributed by atoms with Crippen molar-refractivity contribution in [1.82, 2.24) is 0 Å². The maximum absolute atomic E-state index is 5.85. The lowest BCUT2D eigenvalue weighted by Gasteiger charge is -2.17. The maximum atomic E-state index is 5.85. The topological polar surface area (TPSA) is 27.7 Å². The molecule has 0 saturated carbocycles. The van der Waals surface area contributed by atoms with Crippen LogP contribution in [0, 0.1) is 0 Å². The molecule has 0 spiro atoms. The van der Waals surface area contributed by atoms with Crippen molar-refractivity contribution in [3.63, 3.8) is 0 Å². The molecular weight excluding hydrogens is 252 g/mol. The molecule has 0 saturated heterocycles. The third-order valence-corrected chi connectivity index (χ3v) is 3.18. The lowest BCUT2D eigenvalue weighted by molar-refractivity contribution is -0.140. The highest BCUT2D eigenvalue weighted by atomic mass is 16.7. The molecule has 1 unspecified atom stereocenters. The molecule has 3 nitrogen and oxygen atoms in total. The van der Waals surface area contributed by atoms with E-state index in [0.29, 0.717) is 13.2 Å². The first-order chi connectivity index (χ1) is 9.77. The monoisotopic (exact) mass is 280 g/mol. The molecule has 1 atom stereocenters. The van der Waals surface area contributed by atoms with Crippen LogP contribution < -0.4 is 0 Å². The molecule has 1 aromatic carbocycles. The predicted octanol–water partition coefficient (Wildman–Crippen LogP) is 4.33. The molecule has 0 amide bonds. The molecule has 0 aliphatic carbocycles. The van der Waals surface area contributed by atoms with Crippen molar-refractivity contribution in [2.24, 2.45) is 0 Å². The minimum absolute atomic E-state index is 0.0588. The zero-order valence-corrected chi connectivity index (χ0v) is 13.0. The van der Waals surface area contributed by atoms with Gasteiger partial charge < -0.3 is 14.2 Å². The van der Waals surface area contributed by atoms with Crippen molar-refractivity contribution in [3.05, 3.63) is 35.9 Å².